The smallest absolute Gasteiger partial charge is 0.170 e. The topological polar surface area (TPSA) is 31.4 Å². The molecule has 0 saturated heterocycles. The second-order valence-corrected chi connectivity index (χ2v) is 4.76. The van der Waals surface area contributed by atoms with Crippen LogP contribution in [0.4, 0.5) is 0 Å². The maximum absolute atomic E-state index is 5.39. The zero-order chi connectivity index (χ0) is 12.3. The maximum atomic E-state index is 5.39. The third-order valence-corrected chi connectivity index (χ3v) is 3.93. The number of ether oxygens (including phenoxy) is 2. The molecule has 5 heteroatoms. The lowest BCUT2D eigenvalue weighted by Crippen LogP contribution is -1.92. The maximum Gasteiger partial charge on any atom is 0.170 e. The van der Waals surface area contributed by atoms with Crippen molar-refractivity contribution < 1.29 is 9.47 Å². The third kappa shape index (κ3) is 2.40. The summed E-state index contributed by atoms with van der Waals surface area (Å²) in [5.74, 6) is 2.13. The summed E-state index contributed by atoms with van der Waals surface area (Å²) in [4.78, 5) is 5.51. The van der Waals surface area contributed by atoms with Crippen LogP contribution in [0.25, 0.3) is 10.6 Å². The molecule has 3 nitrogen and oxygen atoms in total. The quantitative estimate of drug-likeness (QED) is 0.863. The number of thiazole rings is 1. The molecule has 1 heterocycles. The summed E-state index contributed by atoms with van der Waals surface area (Å²) in [5.41, 5.74) is 0.949. The first-order valence-corrected chi connectivity index (χ1v) is 6.52. The van der Waals surface area contributed by atoms with Crippen molar-refractivity contribution in [3.8, 4) is 22.1 Å². The van der Waals surface area contributed by atoms with Gasteiger partial charge in [0.2, 0.25) is 0 Å². The summed E-state index contributed by atoms with van der Waals surface area (Å²) in [7, 11) is 3.26. The van der Waals surface area contributed by atoms with Crippen LogP contribution >= 0.6 is 24.0 Å². The summed E-state index contributed by atoms with van der Waals surface area (Å²) in [5, 5.41) is 0.921. The zero-order valence-electron chi connectivity index (χ0n) is 9.64. The molecule has 0 unspecified atom stereocenters. The number of nitrogens with zero attached hydrogens (tertiary/aromatic N) is 1. The molecule has 0 atom stereocenters. The fraction of sp³-hybridized carbons (Fsp3) is 0.250. The van der Waals surface area contributed by atoms with E-state index in [-0.39, 0.29) is 0 Å². The number of methoxy groups -OCH3 is 2. The van der Waals surface area contributed by atoms with Crippen molar-refractivity contribution in [3.05, 3.63) is 29.3 Å². The highest BCUT2D eigenvalue weighted by atomic mass is 32.1. The van der Waals surface area contributed by atoms with Crippen molar-refractivity contribution in [2.45, 2.75) is 5.75 Å². The van der Waals surface area contributed by atoms with Crippen LogP contribution in [-0.2, 0) is 5.75 Å². The van der Waals surface area contributed by atoms with E-state index in [9.17, 15) is 0 Å². The summed E-state index contributed by atoms with van der Waals surface area (Å²) < 4.78 is 10.7. The fourth-order valence-corrected chi connectivity index (χ4v) is 2.63. The van der Waals surface area contributed by atoms with Gasteiger partial charge in [-0.2, -0.15) is 12.6 Å². The summed E-state index contributed by atoms with van der Waals surface area (Å²) in [6.07, 6.45) is 1.84. The van der Waals surface area contributed by atoms with Gasteiger partial charge in [0.25, 0.3) is 0 Å². The first-order valence-electron chi connectivity index (χ1n) is 5.07. The summed E-state index contributed by atoms with van der Waals surface area (Å²) in [6.45, 7) is 0. The Morgan fingerprint density at radius 3 is 2.71 bits per heavy atom. The minimum absolute atomic E-state index is 0.698. The lowest BCUT2D eigenvalue weighted by Gasteiger charge is -2.10. The van der Waals surface area contributed by atoms with Gasteiger partial charge in [-0.1, -0.05) is 6.07 Å². The van der Waals surface area contributed by atoms with E-state index in [0.29, 0.717) is 11.5 Å². The largest absolute Gasteiger partial charge is 0.493 e. The SMILES string of the molecule is COc1cccc(-c2ncc(CS)s2)c1OC. The van der Waals surface area contributed by atoms with Crippen LogP contribution in [0, 0.1) is 0 Å². The average molecular weight is 267 g/mol. The van der Waals surface area contributed by atoms with Gasteiger partial charge in [0, 0.05) is 16.8 Å². The van der Waals surface area contributed by atoms with Crippen LogP contribution in [0.3, 0.4) is 0 Å². The summed E-state index contributed by atoms with van der Waals surface area (Å²) >= 11 is 5.85. The Morgan fingerprint density at radius 2 is 2.12 bits per heavy atom. The molecule has 17 heavy (non-hydrogen) atoms. The molecule has 0 aliphatic carbocycles. The molecule has 0 aliphatic heterocycles. The van der Waals surface area contributed by atoms with Crippen molar-refractivity contribution in [3.63, 3.8) is 0 Å². The van der Waals surface area contributed by atoms with E-state index < -0.39 is 0 Å². The molecule has 0 saturated carbocycles. The van der Waals surface area contributed by atoms with Gasteiger partial charge in [0.1, 0.15) is 5.01 Å². The number of para-hydroxylation sites is 1. The van der Waals surface area contributed by atoms with Gasteiger partial charge in [-0.3, -0.25) is 0 Å². The molecular formula is C12H13NO2S2. The molecule has 0 amide bonds. The second-order valence-electron chi connectivity index (χ2n) is 3.33. The molecule has 0 spiro atoms. The Morgan fingerprint density at radius 1 is 1.29 bits per heavy atom. The van der Waals surface area contributed by atoms with E-state index in [1.807, 2.05) is 24.4 Å². The lowest BCUT2D eigenvalue weighted by molar-refractivity contribution is 0.356. The van der Waals surface area contributed by atoms with E-state index in [0.717, 1.165) is 21.2 Å². The number of aromatic nitrogens is 1. The molecule has 2 rings (SSSR count). The van der Waals surface area contributed by atoms with E-state index >= 15 is 0 Å². The van der Waals surface area contributed by atoms with Crippen molar-refractivity contribution >= 4 is 24.0 Å². The molecular weight excluding hydrogens is 254 g/mol. The minimum Gasteiger partial charge on any atom is -0.493 e. The first-order chi connectivity index (χ1) is 8.30. The van der Waals surface area contributed by atoms with Crippen LogP contribution in [-0.4, -0.2) is 19.2 Å². The average Bonchev–Trinajstić information content (AvgIpc) is 2.86. The van der Waals surface area contributed by atoms with Crippen molar-refractivity contribution in [1.29, 1.82) is 0 Å². The Labute approximate surface area is 110 Å². The van der Waals surface area contributed by atoms with Crippen LogP contribution in [0.15, 0.2) is 24.4 Å². The van der Waals surface area contributed by atoms with E-state index in [4.69, 9.17) is 9.47 Å². The van der Waals surface area contributed by atoms with Gasteiger partial charge >= 0.3 is 0 Å². The zero-order valence-corrected chi connectivity index (χ0v) is 11.3. The number of rotatable bonds is 4. The van der Waals surface area contributed by atoms with Gasteiger partial charge in [-0.05, 0) is 12.1 Å². The highest BCUT2D eigenvalue weighted by Crippen LogP contribution is 2.39. The molecule has 1 aromatic carbocycles. The molecule has 2 aromatic rings. The fourth-order valence-electron chi connectivity index (χ4n) is 1.56. The predicted molar refractivity (Wildman–Crippen MR) is 73.3 cm³/mol. The van der Waals surface area contributed by atoms with E-state index in [1.54, 1.807) is 25.6 Å². The normalized spacial score (nSPS) is 10.3. The van der Waals surface area contributed by atoms with Gasteiger partial charge in [0.05, 0.1) is 19.8 Å². The van der Waals surface area contributed by atoms with E-state index in [1.165, 1.54) is 0 Å². The van der Waals surface area contributed by atoms with Crippen molar-refractivity contribution in [2.75, 3.05) is 14.2 Å². The van der Waals surface area contributed by atoms with Gasteiger partial charge in [-0.15, -0.1) is 11.3 Å². The predicted octanol–water partition coefficient (Wildman–Crippen LogP) is 3.26. The monoisotopic (exact) mass is 267 g/mol. The third-order valence-electron chi connectivity index (χ3n) is 2.34. The molecule has 0 N–H and O–H groups in total. The van der Waals surface area contributed by atoms with Crippen molar-refractivity contribution in [1.82, 2.24) is 4.98 Å². The summed E-state index contributed by atoms with van der Waals surface area (Å²) in [6, 6.07) is 5.77. The minimum atomic E-state index is 0.698. The van der Waals surface area contributed by atoms with E-state index in [2.05, 4.69) is 17.6 Å². The van der Waals surface area contributed by atoms with Gasteiger partial charge < -0.3 is 9.47 Å². The molecule has 90 valence electrons. The number of benzene rings is 1. The Balaban J connectivity index is 2.50. The molecule has 0 radical (unpaired) electrons. The standard InChI is InChI=1S/C12H13NO2S2/c1-14-10-5-3-4-9(11(10)15-2)12-13-6-8(7-16)17-12/h3-6,16H,7H2,1-2H3. The number of thiol groups is 1. The second kappa shape index (κ2) is 5.42. The highest BCUT2D eigenvalue weighted by molar-refractivity contribution is 7.79. The Hall–Kier alpha value is -1.20. The highest BCUT2D eigenvalue weighted by Gasteiger charge is 2.13. The van der Waals surface area contributed by atoms with Gasteiger partial charge in [0.15, 0.2) is 11.5 Å². The molecule has 1 aromatic heterocycles. The van der Waals surface area contributed by atoms with Crippen LogP contribution in [0.1, 0.15) is 4.88 Å². The Bertz CT molecular complexity index is 511. The Kier molecular flexibility index (Phi) is 3.91. The molecule has 0 bridgehead atoms. The van der Waals surface area contributed by atoms with Crippen molar-refractivity contribution in [2.24, 2.45) is 0 Å². The number of hydrogen-bond acceptors (Lipinski definition) is 5. The van der Waals surface area contributed by atoms with Crippen LogP contribution in [0.5, 0.6) is 11.5 Å². The van der Waals surface area contributed by atoms with Crippen LogP contribution in [0.2, 0.25) is 0 Å². The number of hydrogen-bond donors (Lipinski definition) is 1. The van der Waals surface area contributed by atoms with Gasteiger partial charge in [-0.25, -0.2) is 4.98 Å². The molecule has 0 aliphatic rings. The molecule has 0 fully saturated rings. The van der Waals surface area contributed by atoms with Crippen LogP contribution < -0.4 is 9.47 Å². The first kappa shape index (κ1) is 12.3. The lowest BCUT2D eigenvalue weighted by atomic mass is 10.2.